The topological polar surface area (TPSA) is 31.8 Å². The largest absolute Gasteiger partial charge is 0.496 e. The number of halogens is 1. The van der Waals surface area contributed by atoms with Crippen LogP contribution in [0.2, 0.25) is 5.02 Å². The Labute approximate surface area is 207 Å². The van der Waals surface area contributed by atoms with Crippen molar-refractivity contribution in [2.45, 2.75) is 26.4 Å². The van der Waals surface area contributed by atoms with E-state index in [1.54, 1.807) is 7.11 Å². The van der Waals surface area contributed by atoms with Crippen molar-refractivity contribution in [2.75, 3.05) is 51.8 Å². The Morgan fingerprint density at radius 3 is 2.50 bits per heavy atom. The van der Waals surface area contributed by atoms with E-state index < -0.39 is 0 Å². The number of aromatic nitrogens is 1. The summed E-state index contributed by atoms with van der Waals surface area (Å²) in [6, 6.07) is 14.8. The van der Waals surface area contributed by atoms with Gasteiger partial charge >= 0.3 is 0 Å². The highest BCUT2D eigenvalue weighted by Crippen LogP contribution is 2.36. The number of aryl methyl sites for hydroxylation is 1. The first-order valence-corrected chi connectivity index (χ1v) is 12.5. The third kappa shape index (κ3) is 4.78. The minimum atomic E-state index is 0.767. The van der Waals surface area contributed by atoms with E-state index in [9.17, 15) is 0 Å². The van der Waals surface area contributed by atoms with Crippen molar-refractivity contribution >= 4 is 17.3 Å². The van der Waals surface area contributed by atoms with Gasteiger partial charge in [-0.15, -0.1) is 0 Å². The van der Waals surface area contributed by atoms with Gasteiger partial charge in [0, 0.05) is 73.8 Å². The molecular formula is C28H33ClN4O. The highest BCUT2D eigenvalue weighted by atomic mass is 35.5. The van der Waals surface area contributed by atoms with Gasteiger partial charge in [0.15, 0.2) is 0 Å². The molecule has 0 radical (unpaired) electrons. The molecule has 5 nitrogen and oxygen atoms in total. The molecule has 2 aliphatic rings. The molecule has 3 heterocycles. The number of nitrogens with zero attached hydrogens (tertiary/aromatic N) is 4. The summed E-state index contributed by atoms with van der Waals surface area (Å²) in [6.45, 7) is 9.22. The molecule has 6 heteroatoms. The highest BCUT2D eigenvalue weighted by Gasteiger charge is 2.26. The number of benzene rings is 2. The minimum absolute atomic E-state index is 0.767. The van der Waals surface area contributed by atoms with Gasteiger partial charge in [-0.2, -0.15) is 0 Å². The molecule has 1 fully saturated rings. The van der Waals surface area contributed by atoms with Crippen LogP contribution in [0.3, 0.4) is 0 Å². The molecule has 2 aliphatic heterocycles. The molecule has 2 aromatic carbocycles. The lowest BCUT2D eigenvalue weighted by Crippen LogP contribution is -2.45. The molecule has 178 valence electrons. The number of rotatable bonds is 5. The van der Waals surface area contributed by atoms with Crippen molar-refractivity contribution in [1.82, 2.24) is 14.8 Å². The van der Waals surface area contributed by atoms with E-state index in [0.717, 1.165) is 74.3 Å². The zero-order valence-electron chi connectivity index (χ0n) is 20.4. The molecular weight excluding hydrogens is 444 g/mol. The lowest BCUT2D eigenvalue weighted by Gasteiger charge is -2.38. The Morgan fingerprint density at radius 2 is 1.79 bits per heavy atom. The summed E-state index contributed by atoms with van der Waals surface area (Å²) in [4.78, 5) is 12.3. The molecule has 34 heavy (non-hydrogen) atoms. The summed E-state index contributed by atoms with van der Waals surface area (Å²) < 4.78 is 5.73. The van der Waals surface area contributed by atoms with Crippen molar-refractivity contribution < 1.29 is 4.74 Å². The number of ether oxygens (including phenoxy) is 1. The molecule has 1 saturated heterocycles. The van der Waals surface area contributed by atoms with Crippen molar-refractivity contribution in [2.24, 2.45) is 0 Å². The average Bonchev–Trinajstić information content (AvgIpc) is 2.85. The number of piperazine rings is 1. The zero-order chi connectivity index (χ0) is 23.7. The Morgan fingerprint density at radius 1 is 0.971 bits per heavy atom. The molecule has 1 aromatic heterocycles. The molecule has 0 saturated carbocycles. The van der Waals surface area contributed by atoms with Crippen molar-refractivity contribution in [3.63, 3.8) is 0 Å². The van der Waals surface area contributed by atoms with Crippen LogP contribution in [0.5, 0.6) is 5.75 Å². The van der Waals surface area contributed by atoms with Crippen LogP contribution in [0.4, 0.5) is 5.69 Å². The number of hydrogen-bond acceptors (Lipinski definition) is 5. The standard InChI is InChI=1S/C28H33ClN4O/c1-20-16-22(29)5-7-24(20)21-4-6-23(30-17-21)18-32-11-10-25-26(19-32)27(8-9-28(25)34-3)33-14-12-31(2)13-15-33/h4-9,16-17H,10-15,18-19H2,1-3H3. The third-order valence-electron chi connectivity index (χ3n) is 7.20. The predicted octanol–water partition coefficient (Wildman–Crippen LogP) is 5.03. The Bertz CT molecular complexity index is 1160. The zero-order valence-corrected chi connectivity index (χ0v) is 21.1. The van der Waals surface area contributed by atoms with E-state index in [0.29, 0.717) is 0 Å². The van der Waals surface area contributed by atoms with Crippen LogP contribution >= 0.6 is 11.6 Å². The van der Waals surface area contributed by atoms with Gasteiger partial charge in [0.05, 0.1) is 12.8 Å². The van der Waals surface area contributed by atoms with Crippen molar-refractivity contribution in [3.8, 4) is 16.9 Å². The summed E-state index contributed by atoms with van der Waals surface area (Å²) in [5.41, 5.74) is 8.74. The van der Waals surface area contributed by atoms with Crippen molar-refractivity contribution in [1.29, 1.82) is 0 Å². The Kier molecular flexibility index (Phi) is 6.77. The SMILES string of the molecule is COc1ccc(N2CCN(C)CC2)c2c1CCN(Cc1ccc(-c3ccc(Cl)cc3C)cn1)C2. The first kappa shape index (κ1) is 23.2. The van der Waals surface area contributed by atoms with Crippen LogP contribution in [0.15, 0.2) is 48.7 Å². The van der Waals surface area contributed by atoms with E-state index in [1.807, 2.05) is 18.3 Å². The quantitative estimate of drug-likeness (QED) is 0.515. The Balaban J connectivity index is 1.34. The molecule has 0 amide bonds. The van der Waals surface area contributed by atoms with Crippen LogP contribution < -0.4 is 9.64 Å². The van der Waals surface area contributed by atoms with Gasteiger partial charge in [-0.25, -0.2) is 0 Å². The lowest BCUT2D eigenvalue weighted by atomic mass is 9.95. The molecule has 3 aromatic rings. The van der Waals surface area contributed by atoms with Crippen LogP contribution in [0.25, 0.3) is 11.1 Å². The lowest BCUT2D eigenvalue weighted by molar-refractivity contribution is 0.239. The average molecular weight is 477 g/mol. The van der Waals surface area contributed by atoms with Gasteiger partial charge in [-0.1, -0.05) is 23.7 Å². The van der Waals surface area contributed by atoms with Gasteiger partial charge < -0.3 is 14.5 Å². The molecule has 0 aliphatic carbocycles. The predicted molar refractivity (Wildman–Crippen MR) is 140 cm³/mol. The van der Waals surface area contributed by atoms with Crippen LogP contribution in [0.1, 0.15) is 22.4 Å². The first-order valence-electron chi connectivity index (χ1n) is 12.1. The molecule has 0 atom stereocenters. The number of fused-ring (bicyclic) bond motifs is 1. The van der Waals surface area contributed by atoms with Gasteiger partial charge in [-0.05, 0) is 67.4 Å². The van der Waals surface area contributed by atoms with Gasteiger partial charge in [-0.3, -0.25) is 9.88 Å². The normalized spacial score (nSPS) is 17.0. The second-order valence-electron chi connectivity index (χ2n) is 9.49. The number of anilines is 1. The first-order chi connectivity index (χ1) is 16.5. The summed E-state index contributed by atoms with van der Waals surface area (Å²) in [6.07, 6.45) is 2.99. The summed E-state index contributed by atoms with van der Waals surface area (Å²) >= 11 is 6.13. The van der Waals surface area contributed by atoms with Crippen molar-refractivity contribution in [3.05, 3.63) is 76.1 Å². The second-order valence-corrected chi connectivity index (χ2v) is 9.93. The van der Waals surface area contributed by atoms with Gasteiger partial charge in [0.1, 0.15) is 5.75 Å². The Hall–Kier alpha value is -2.60. The molecule has 0 bridgehead atoms. The smallest absolute Gasteiger partial charge is 0.122 e. The second kappa shape index (κ2) is 9.95. The summed E-state index contributed by atoms with van der Waals surface area (Å²) in [7, 11) is 3.99. The molecule has 5 rings (SSSR count). The fourth-order valence-corrected chi connectivity index (χ4v) is 5.44. The van der Waals surface area contributed by atoms with Crippen LogP contribution in [-0.4, -0.2) is 61.7 Å². The maximum absolute atomic E-state index is 6.13. The molecule has 0 N–H and O–H groups in total. The van der Waals surface area contributed by atoms with E-state index in [1.165, 1.54) is 27.9 Å². The number of methoxy groups -OCH3 is 1. The van der Waals surface area contributed by atoms with E-state index in [4.69, 9.17) is 21.3 Å². The fourth-order valence-electron chi connectivity index (χ4n) is 5.21. The van der Waals surface area contributed by atoms with Crippen LogP contribution in [0, 0.1) is 6.92 Å². The number of likely N-dealkylation sites (N-methyl/N-ethyl adjacent to an activating group) is 1. The van der Waals surface area contributed by atoms with E-state index in [-0.39, 0.29) is 0 Å². The van der Waals surface area contributed by atoms with Gasteiger partial charge in [0.2, 0.25) is 0 Å². The number of hydrogen-bond donors (Lipinski definition) is 0. The fraction of sp³-hybridized carbons (Fsp3) is 0.393. The highest BCUT2D eigenvalue weighted by molar-refractivity contribution is 6.30. The minimum Gasteiger partial charge on any atom is -0.496 e. The van der Waals surface area contributed by atoms with Gasteiger partial charge in [0.25, 0.3) is 0 Å². The monoisotopic (exact) mass is 476 g/mol. The van der Waals surface area contributed by atoms with Crippen LogP contribution in [-0.2, 0) is 19.5 Å². The maximum Gasteiger partial charge on any atom is 0.122 e. The third-order valence-corrected chi connectivity index (χ3v) is 7.43. The van der Waals surface area contributed by atoms with E-state index >= 15 is 0 Å². The number of pyridine rings is 1. The maximum atomic E-state index is 6.13. The summed E-state index contributed by atoms with van der Waals surface area (Å²) in [5, 5.41) is 0.767. The molecule has 0 spiro atoms. The summed E-state index contributed by atoms with van der Waals surface area (Å²) in [5.74, 6) is 1.02. The molecule has 0 unspecified atom stereocenters. The van der Waals surface area contributed by atoms with E-state index in [2.05, 4.69) is 59.0 Å².